The highest BCUT2D eigenvalue weighted by atomic mass is 35.5. The van der Waals surface area contributed by atoms with Crippen LogP contribution in [0.4, 0.5) is 0 Å². The van der Waals surface area contributed by atoms with Gasteiger partial charge in [-0.15, -0.1) is 11.6 Å². The highest BCUT2D eigenvalue weighted by molar-refractivity contribution is 6.29. The Bertz CT molecular complexity index is 298. The first kappa shape index (κ1) is 10.1. The number of rotatable bonds is 4. The van der Waals surface area contributed by atoms with Crippen molar-refractivity contribution in [3.63, 3.8) is 0 Å². The molecule has 0 spiro atoms. The third-order valence-electron chi connectivity index (χ3n) is 1.74. The Morgan fingerprint density at radius 2 is 2.54 bits per heavy atom. The number of halogens is 1. The molecule has 0 radical (unpaired) electrons. The highest BCUT2D eigenvalue weighted by Gasteiger charge is 2.15. The van der Waals surface area contributed by atoms with Gasteiger partial charge in [0, 0.05) is 18.8 Å². The van der Waals surface area contributed by atoms with Gasteiger partial charge in [-0.05, 0) is 0 Å². The Labute approximate surface area is 81.2 Å². The normalized spacial score (nSPS) is 12.8. The minimum absolute atomic E-state index is 0.264. The topological polar surface area (TPSA) is 55.1 Å². The Morgan fingerprint density at radius 1 is 1.85 bits per heavy atom. The average Bonchev–Trinajstić information content (AvgIpc) is 2.51. The molecule has 0 amide bonds. The van der Waals surface area contributed by atoms with Crippen molar-refractivity contribution in [2.24, 2.45) is 0 Å². The lowest BCUT2D eigenvalue weighted by Gasteiger charge is -2.07. The molecule has 72 valence electrons. The van der Waals surface area contributed by atoms with Crippen molar-refractivity contribution in [3.05, 3.63) is 18.2 Å². The largest absolute Gasteiger partial charge is 0.480 e. The minimum atomic E-state index is -1.00. The van der Waals surface area contributed by atoms with Gasteiger partial charge in [-0.1, -0.05) is 6.92 Å². The molecular weight excluding hydrogens is 192 g/mol. The van der Waals surface area contributed by atoms with E-state index in [4.69, 9.17) is 16.7 Å². The Kier molecular flexibility index (Phi) is 3.31. The summed E-state index contributed by atoms with van der Waals surface area (Å²) < 4.78 is 1.76. The van der Waals surface area contributed by atoms with E-state index in [0.29, 0.717) is 0 Å². The van der Waals surface area contributed by atoms with Crippen LogP contribution >= 0.6 is 11.6 Å². The van der Waals surface area contributed by atoms with Crippen molar-refractivity contribution in [2.45, 2.75) is 25.3 Å². The first-order chi connectivity index (χ1) is 6.15. The molecule has 1 atom stereocenters. The summed E-state index contributed by atoms with van der Waals surface area (Å²) >= 11 is 5.59. The first-order valence-electron chi connectivity index (χ1n) is 4.02. The van der Waals surface area contributed by atoms with Crippen molar-refractivity contribution in [1.82, 2.24) is 9.55 Å². The lowest BCUT2D eigenvalue weighted by atomic mass is 10.4. The zero-order valence-corrected chi connectivity index (χ0v) is 8.03. The van der Waals surface area contributed by atoms with E-state index in [1.807, 2.05) is 6.92 Å². The molecule has 1 heterocycles. The molecule has 0 saturated carbocycles. The molecular formula is C8H11ClN2O2. The van der Waals surface area contributed by atoms with Crippen LogP contribution in [0.15, 0.2) is 12.4 Å². The van der Waals surface area contributed by atoms with Crippen LogP contribution in [0.1, 0.15) is 12.7 Å². The fraction of sp³-hybridized carbons (Fsp3) is 0.500. The van der Waals surface area contributed by atoms with Crippen LogP contribution in [-0.2, 0) is 17.8 Å². The number of alkyl halides is 1. The predicted octanol–water partition coefficient (Wildman–Crippen LogP) is 1.14. The van der Waals surface area contributed by atoms with Crippen LogP contribution < -0.4 is 0 Å². The lowest BCUT2D eigenvalue weighted by molar-refractivity contribution is -0.136. The van der Waals surface area contributed by atoms with Gasteiger partial charge in [-0.3, -0.25) is 4.79 Å². The van der Waals surface area contributed by atoms with Gasteiger partial charge in [-0.25, -0.2) is 4.98 Å². The third-order valence-corrected chi connectivity index (χ3v) is 2.07. The third kappa shape index (κ3) is 2.45. The number of imidazole rings is 1. The molecule has 13 heavy (non-hydrogen) atoms. The number of nitrogens with zero attached hydrogens (tertiary/aromatic N) is 2. The second-order valence-corrected chi connectivity index (χ2v) is 3.18. The SMILES string of the molecule is CCc1nccn1CC(Cl)C(=O)O. The van der Waals surface area contributed by atoms with Gasteiger partial charge < -0.3 is 9.67 Å². The van der Waals surface area contributed by atoms with Crippen molar-refractivity contribution in [2.75, 3.05) is 0 Å². The Morgan fingerprint density at radius 3 is 3.08 bits per heavy atom. The van der Waals surface area contributed by atoms with Gasteiger partial charge in [0.1, 0.15) is 11.2 Å². The number of carboxylic acid groups (broad SMARTS) is 1. The van der Waals surface area contributed by atoms with Gasteiger partial charge in [0.05, 0.1) is 6.54 Å². The van der Waals surface area contributed by atoms with Gasteiger partial charge in [0.15, 0.2) is 0 Å². The van der Waals surface area contributed by atoms with E-state index in [2.05, 4.69) is 4.98 Å². The molecule has 4 nitrogen and oxygen atoms in total. The smallest absolute Gasteiger partial charge is 0.323 e. The molecule has 0 saturated heterocycles. The summed E-state index contributed by atoms with van der Waals surface area (Å²) in [6, 6.07) is 0. The summed E-state index contributed by atoms with van der Waals surface area (Å²) in [7, 11) is 0. The molecule has 0 aliphatic rings. The van der Waals surface area contributed by atoms with E-state index >= 15 is 0 Å². The van der Waals surface area contributed by atoms with Crippen molar-refractivity contribution >= 4 is 17.6 Å². The fourth-order valence-corrected chi connectivity index (χ4v) is 1.22. The molecule has 1 aromatic rings. The number of hydrogen-bond donors (Lipinski definition) is 1. The molecule has 0 fully saturated rings. The maximum atomic E-state index is 10.5. The van der Waals surface area contributed by atoms with E-state index in [-0.39, 0.29) is 6.54 Å². The standard InChI is InChI=1S/C8H11ClN2O2/c1-2-7-10-3-4-11(7)5-6(9)8(12)13/h3-4,6H,2,5H2,1H3,(H,12,13). The molecule has 0 bridgehead atoms. The first-order valence-corrected chi connectivity index (χ1v) is 4.45. The van der Waals surface area contributed by atoms with Gasteiger partial charge in [0.2, 0.25) is 0 Å². The van der Waals surface area contributed by atoms with Crippen molar-refractivity contribution in [1.29, 1.82) is 0 Å². The maximum absolute atomic E-state index is 10.5. The second-order valence-electron chi connectivity index (χ2n) is 2.66. The molecule has 1 rings (SSSR count). The number of aliphatic carboxylic acids is 1. The van der Waals surface area contributed by atoms with Crippen LogP contribution in [0.3, 0.4) is 0 Å². The number of carbonyl (C=O) groups is 1. The van der Waals surface area contributed by atoms with E-state index in [0.717, 1.165) is 12.2 Å². The molecule has 0 aliphatic heterocycles. The zero-order valence-electron chi connectivity index (χ0n) is 7.27. The lowest BCUT2D eigenvalue weighted by Crippen LogP contribution is -2.20. The van der Waals surface area contributed by atoms with Crippen LogP contribution in [0, 0.1) is 0 Å². The monoisotopic (exact) mass is 202 g/mol. The zero-order chi connectivity index (χ0) is 9.84. The number of aryl methyl sites for hydroxylation is 1. The summed E-state index contributed by atoms with van der Waals surface area (Å²) in [6.07, 6.45) is 4.15. The summed E-state index contributed by atoms with van der Waals surface area (Å²) in [6.45, 7) is 2.23. The summed E-state index contributed by atoms with van der Waals surface area (Å²) in [5.74, 6) is -0.149. The molecule has 1 aromatic heterocycles. The van der Waals surface area contributed by atoms with E-state index < -0.39 is 11.3 Å². The van der Waals surface area contributed by atoms with Gasteiger partial charge >= 0.3 is 5.97 Å². The van der Waals surface area contributed by atoms with Crippen LogP contribution in [0.25, 0.3) is 0 Å². The van der Waals surface area contributed by atoms with E-state index in [1.54, 1.807) is 17.0 Å². The molecule has 1 unspecified atom stereocenters. The van der Waals surface area contributed by atoms with Gasteiger partial charge in [0.25, 0.3) is 0 Å². The highest BCUT2D eigenvalue weighted by Crippen LogP contribution is 2.05. The number of carboxylic acids is 1. The number of hydrogen-bond acceptors (Lipinski definition) is 2. The van der Waals surface area contributed by atoms with Crippen molar-refractivity contribution < 1.29 is 9.90 Å². The van der Waals surface area contributed by atoms with E-state index in [1.165, 1.54) is 0 Å². The molecule has 5 heteroatoms. The second kappa shape index (κ2) is 4.28. The number of aromatic nitrogens is 2. The fourth-order valence-electron chi connectivity index (χ4n) is 1.07. The van der Waals surface area contributed by atoms with Crippen LogP contribution in [0.5, 0.6) is 0 Å². The minimum Gasteiger partial charge on any atom is -0.480 e. The average molecular weight is 203 g/mol. The van der Waals surface area contributed by atoms with Crippen LogP contribution in [0.2, 0.25) is 0 Å². The molecule has 0 aromatic carbocycles. The summed E-state index contributed by atoms with van der Waals surface area (Å²) in [5, 5.41) is 7.69. The van der Waals surface area contributed by atoms with Crippen LogP contribution in [-0.4, -0.2) is 26.0 Å². The van der Waals surface area contributed by atoms with Gasteiger partial charge in [-0.2, -0.15) is 0 Å². The molecule has 0 aliphatic carbocycles. The molecule has 1 N–H and O–H groups in total. The maximum Gasteiger partial charge on any atom is 0.323 e. The Balaban J connectivity index is 2.68. The summed E-state index contributed by atoms with van der Waals surface area (Å²) in [4.78, 5) is 14.5. The quantitative estimate of drug-likeness (QED) is 0.745. The predicted molar refractivity (Wildman–Crippen MR) is 48.9 cm³/mol. The van der Waals surface area contributed by atoms with Crippen molar-refractivity contribution in [3.8, 4) is 0 Å². The summed E-state index contributed by atoms with van der Waals surface area (Å²) in [5.41, 5.74) is 0. The van der Waals surface area contributed by atoms with E-state index in [9.17, 15) is 4.79 Å². The Hall–Kier alpha value is -1.03.